The van der Waals surface area contributed by atoms with Gasteiger partial charge < -0.3 is 5.32 Å². The molecule has 0 unspecified atom stereocenters. The van der Waals surface area contributed by atoms with Crippen molar-refractivity contribution < 1.29 is 9.18 Å². The minimum absolute atomic E-state index is 0.306. The maximum Gasteiger partial charge on any atom is 0.350 e. The second-order valence-corrected chi connectivity index (χ2v) is 7.75. The van der Waals surface area contributed by atoms with Crippen molar-refractivity contribution in [3.8, 4) is 11.3 Å². The molecule has 0 atom stereocenters. The van der Waals surface area contributed by atoms with Crippen LogP contribution in [0.4, 0.5) is 10.1 Å². The minimum atomic E-state index is -0.495. The molecule has 160 valence electrons. The highest BCUT2D eigenvalue weighted by Gasteiger charge is 2.15. The van der Waals surface area contributed by atoms with E-state index in [0.717, 1.165) is 10.2 Å². The fourth-order valence-electron chi connectivity index (χ4n) is 3.41. The van der Waals surface area contributed by atoms with E-state index in [1.54, 1.807) is 48.1 Å². The first-order valence-electron chi connectivity index (χ1n) is 9.68. The van der Waals surface area contributed by atoms with Gasteiger partial charge >= 0.3 is 5.69 Å². The Balaban J connectivity index is 1.47. The number of hydrogen-bond acceptors (Lipinski definition) is 4. The molecule has 0 aliphatic carbocycles. The second-order valence-electron chi connectivity index (χ2n) is 7.31. The molecule has 0 saturated heterocycles. The van der Waals surface area contributed by atoms with E-state index in [1.165, 1.54) is 10.5 Å². The normalized spacial score (nSPS) is 11.3. The molecule has 1 amide bonds. The summed E-state index contributed by atoms with van der Waals surface area (Å²) in [6.45, 7) is 1.31. The van der Waals surface area contributed by atoms with Gasteiger partial charge in [0.25, 0.3) is 0 Å². The molecule has 3 aromatic heterocycles. The number of hydrogen-bond donors (Lipinski definition) is 1. The number of carbonyl (C=O) groups is 1. The van der Waals surface area contributed by atoms with Crippen molar-refractivity contribution in [3.05, 3.63) is 87.8 Å². The summed E-state index contributed by atoms with van der Waals surface area (Å²) in [5.41, 5.74) is 2.83. The monoisotopic (exact) mass is 450 g/mol. The number of amides is 1. The zero-order valence-electron chi connectivity index (χ0n) is 16.8. The molecule has 3 heterocycles. The topological polar surface area (TPSA) is 85.7 Å². The first-order valence-corrected chi connectivity index (χ1v) is 10.1. The van der Waals surface area contributed by atoms with Gasteiger partial charge in [-0.2, -0.15) is 5.10 Å². The molecule has 32 heavy (non-hydrogen) atoms. The number of anilines is 1. The summed E-state index contributed by atoms with van der Waals surface area (Å²) >= 11 is 5.96. The lowest BCUT2D eigenvalue weighted by Crippen LogP contribution is -2.28. The fourth-order valence-corrected chi connectivity index (χ4v) is 3.53. The van der Waals surface area contributed by atoms with Crippen molar-refractivity contribution in [3.63, 3.8) is 0 Å². The minimum Gasteiger partial charge on any atom is -0.324 e. The highest BCUT2D eigenvalue weighted by Crippen LogP contribution is 2.23. The van der Waals surface area contributed by atoms with Crippen LogP contribution in [0.2, 0.25) is 5.02 Å². The van der Waals surface area contributed by atoms with Gasteiger partial charge in [0.1, 0.15) is 17.9 Å². The third-order valence-corrected chi connectivity index (χ3v) is 5.33. The van der Waals surface area contributed by atoms with Crippen molar-refractivity contribution in [1.29, 1.82) is 0 Å². The largest absolute Gasteiger partial charge is 0.350 e. The van der Waals surface area contributed by atoms with Crippen molar-refractivity contribution in [2.24, 2.45) is 0 Å². The zero-order chi connectivity index (χ0) is 22.4. The molecule has 0 radical (unpaired) electrons. The van der Waals surface area contributed by atoms with E-state index in [0.29, 0.717) is 33.1 Å². The second kappa shape index (κ2) is 7.61. The van der Waals surface area contributed by atoms with E-state index in [9.17, 15) is 14.0 Å². The van der Waals surface area contributed by atoms with Gasteiger partial charge in [0.15, 0.2) is 5.65 Å². The number of nitrogens with zero attached hydrogens (tertiary/aromatic N) is 5. The van der Waals surface area contributed by atoms with Crippen LogP contribution in [0.25, 0.3) is 22.4 Å². The number of halogens is 2. The van der Waals surface area contributed by atoms with Gasteiger partial charge in [-0.3, -0.25) is 4.79 Å². The van der Waals surface area contributed by atoms with Crippen LogP contribution in [0, 0.1) is 12.7 Å². The van der Waals surface area contributed by atoms with Crippen LogP contribution in [0.15, 0.2) is 65.7 Å². The summed E-state index contributed by atoms with van der Waals surface area (Å²) in [6.07, 6.45) is 3.18. The third kappa shape index (κ3) is 3.52. The Labute approximate surface area is 185 Å². The Morgan fingerprint density at radius 2 is 1.88 bits per heavy atom. The molecule has 0 aliphatic heterocycles. The van der Waals surface area contributed by atoms with Gasteiger partial charge in [-0.25, -0.2) is 22.8 Å². The Hall–Kier alpha value is -3.98. The molecule has 5 aromatic rings. The van der Waals surface area contributed by atoms with Crippen LogP contribution in [0.3, 0.4) is 0 Å². The molecule has 0 bridgehead atoms. The summed E-state index contributed by atoms with van der Waals surface area (Å²) in [6, 6.07) is 13.4. The van der Waals surface area contributed by atoms with Gasteiger partial charge in [-0.1, -0.05) is 29.8 Å². The fraction of sp³-hybridized carbons (Fsp3) is 0.0909. The average Bonchev–Trinajstić information content (AvgIpc) is 3.33. The molecule has 0 saturated carbocycles. The number of nitrogens with one attached hydrogen (secondary N) is 1. The summed E-state index contributed by atoms with van der Waals surface area (Å²) in [5, 5.41) is 12.1. The first kappa shape index (κ1) is 20.0. The van der Waals surface area contributed by atoms with Gasteiger partial charge in [-0.05, 0) is 42.8 Å². The summed E-state index contributed by atoms with van der Waals surface area (Å²) < 4.78 is 17.7. The van der Waals surface area contributed by atoms with Crippen LogP contribution >= 0.6 is 11.6 Å². The molecule has 0 aliphatic rings. The third-order valence-electron chi connectivity index (χ3n) is 5.08. The van der Waals surface area contributed by atoms with E-state index in [2.05, 4.69) is 15.5 Å². The Morgan fingerprint density at radius 3 is 2.62 bits per heavy atom. The number of rotatable bonds is 4. The molecule has 5 rings (SSSR count). The lowest BCUT2D eigenvalue weighted by atomic mass is 10.1. The van der Waals surface area contributed by atoms with Crippen molar-refractivity contribution in [2.45, 2.75) is 13.5 Å². The lowest BCUT2D eigenvalue weighted by Gasteiger charge is -2.05. The van der Waals surface area contributed by atoms with Crippen molar-refractivity contribution in [1.82, 2.24) is 23.8 Å². The van der Waals surface area contributed by atoms with E-state index in [-0.39, 0.29) is 6.54 Å². The average molecular weight is 451 g/mol. The summed E-state index contributed by atoms with van der Waals surface area (Å²) in [7, 11) is 0. The number of fused-ring (bicyclic) bond motifs is 3. The zero-order valence-corrected chi connectivity index (χ0v) is 17.5. The summed E-state index contributed by atoms with van der Waals surface area (Å²) in [5.74, 6) is -0.919. The predicted octanol–water partition coefficient (Wildman–Crippen LogP) is 3.55. The van der Waals surface area contributed by atoms with E-state index in [1.807, 2.05) is 18.2 Å². The number of aryl methyl sites for hydroxylation is 1. The number of aromatic nitrogens is 5. The van der Waals surface area contributed by atoms with E-state index in [4.69, 9.17) is 11.6 Å². The molecule has 0 fully saturated rings. The summed E-state index contributed by atoms with van der Waals surface area (Å²) in [4.78, 5) is 25.2. The lowest BCUT2D eigenvalue weighted by molar-refractivity contribution is -0.117. The molecule has 1 N–H and O–H groups in total. The molecule has 0 spiro atoms. The van der Waals surface area contributed by atoms with Crippen molar-refractivity contribution in [2.75, 3.05) is 5.32 Å². The van der Waals surface area contributed by atoms with E-state index < -0.39 is 17.4 Å². The maximum absolute atomic E-state index is 13.7. The number of carbonyl (C=O) groups excluding carboxylic acids is 1. The van der Waals surface area contributed by atoms with Gasteiger partial charge in [0.05, 0.1) is 5.69 Å². The Kier molecular flexibility index (Phi) is 4.75. The van der Waals surface area contributed by atoms with Crippen LogP contribution < -0.4 is 11.0 Å². The molecule has 2 aromatic carbocycles. The van der Waals surface area contributed by atoms with Gasteiger partial charge in [0, 0.05) is 28.7 Å². The molecule has 8 nitrogen and oxygen atoms in total. The van der Waals surface area contributed by atoms with E-state index >= 15 is 0 Å². The van der Waals surface area contributed by atoms with Gasteiger partial charge in [0.2, 0.25) is 5.91 Å². The first-order chi connectivity index (χ1) is 15.4. The Morgan fingerprint density at radius 1 is 1.09 bits per heavy atom. The van der Waals surface area contributed by atoms with Crippen LogP contribution in [-0.2, 0) is 11.3 Å². The van der Waals surface area contributed by atoms with Crippen molar-refractivity contribution >= 4 is 34.4 Å². The maximum atomic E-state index is 13.7. The highest BCUT2D eigenvalue weighted by atomic mass is 35.5. The van der Waals surface area contributed by atoms with Crippen LogP contribution in [-0.4, -0.2) is 29.7 Å². The predicted molar refractivity (Wildman–Crippen MR) is 118 cm³/mol. The molecule has 10 heteroatoms. The molecular formula is C22H16ClFN6O2. The van der Waals surface area contributed by atoms with Crippen LogP contribution in [0.5, 0.6) is 0 Å². The van der Waals surface area contributed by atoms with Crippen LogP contribution in [0.1, 0.15) is 5.56 Å². The number of benzene rings is 2. The highest BCUT2D eigenvalue weighted by molar-refractivity contribution is 6.30. The van der Waals surface area contributed by atoms with Gasteiger partial charge in [-0.15, -0.1) is 5.10 Å². The Bertz CT molecular complexity index is 1550. The standard InChI is InChI=1S/C22H16ClFN6O2/c1-13-2-7-16(10-17(13)24)25-20(31)12-30-22(32)28-8-9-29-19(21(28)27-30)11-18(26-29)14-3-5-15(23)6-4-14/h2-11H,12H2,1H3,(H,25,31). The SMILES string of the molecule is Cc1ccc(NC(=O)Cn2nc3c4cc(-c5ccc(Cl)cc5)nn4ccn3c2=O)cc1F. The molecular weight excluding hydrogens is 435 g/mol. The quantitative estimate of drug-likeness (QED) is 0.453. The smallest absolute Gasteiger partial charge is 0.324 e.